The van der Waals surface area contributed by atoms with Crippen molar-refractivity contribution in [3.63, 3.8) is 0 Å². The van der Waals surface area contributed by atoms with Gasteiger partial charge in [0, 0.05) is 49.0 Å². The smallest absolute Gasteiger partial charge is 0.251 e. The van der Waals surface area contributed by atoms with Crippen molar-refractivity contribution in [1.82, 2.24) is 9.88 Å². The molecule has 1 N–H and O–H groups in total. The molecule has 0 saturated carbocycles. The average Bonchev–Trinajstić information content (AvgIpc) is 3.31. The molecule has 5 nitrogen and oxygen atoms in total. The third-order valence-corrected chi connectivity index (χ3v) is 5.04. The number of aryl methyl sites for hydroxylation is 1. The minimum atomic E-state index is -0.0964. The molecule has 5 heteroatoms. The maximum Gasteiger partial charge on any atom is 0.251 e. The van der Waals surface area contributed by atoms with Crippen molar-refractivity contribution in [2.75, 3.05) is 18.0 Å². The molecular formula is C22H23N3O2. The Bertz CT molecular complexity index is 976. The Morgan fingerprint density at radius 1 is 1.07 bits per heavy atom. The SMILES string of the molecule is O=C(NCCCn1ccc2ccccc21)c1cccc(N2CCCC2=O)c1. The molecule has 1 aromatic heterocycles. The van der Waals surface area contributed by atoms with Gasteiger partial charge in [-0.2, -0.15) is 0 Å². The van der Waals surface area contributed by atoms with E-state index in [1.807, 2.05) is 24.3 Å². The van der Waals surface area contributed by atoms with E-state index < -0.39 is 0 Å². The number of benzene rings is 2. The fourth-order valence-corrected chi connectivity index (χ4v) is 3.63. The Kier molecular flexibility index (Phi) is 4.92. The Hall–Kier alpha value is -3.08. The Labute approximate surface area is 158 Å². The first-order valence-corrected chi connectivity index (χ1v) is 9.45. The lowest BCUT2D eigenvalue weighted by Gasteiger charge is -2.16. The van der Waals surface area contributed by atoms with Crippen molar-refractivity contribution in [2.24, 2.45) is 0 Å². The second kappa shape index (κ2) is 7.66. The standard InChI is InChI=1S/C22H23N3O2/c26-21-10-4-14-25(21)19-8-3-7-18(16-19)22(27)23-12-5-13-24-15-11-17-6-1-2-9-20(17)24/h1-3,6-9,11,15-16H,4-5,10,12-14H2,(H,23,27). The average molecular weight is 361 g/mol. The van der Waals surface area contributed by atoms with Gasteiger partial charge in [0.1, 0.15) is 0 Å². The fraction of sp³-hybridized carbons (Fsp3) is 0.273. The molecule has 1 aliphatic heterocycles. The highest BCUT2D eigenvalue weighted by Crippen LogP contribution is 2.22. The maximum atomic E-state index is 12.4. The molecule has 1 fully saturated rings. The number of nitrogens with zero attached hydrogens (tertiary/aromatic N) is 2. The van der Waals surface area contributed by atoms with E-state index in [1.165, 1.54) is 10.9 Å². The van der Waals surface area contributed by atoms with Gasteiger partial charge in [-0.25, -0.2) is 0 Å². The van der Waals surface area contributed by atoms with Crippen molar-refractivity contribution in [2.45, 2.75) is 25.8 Å². The van der Waals surface area contributed by atoms with Crippen molar-refractivity contribution in [1.29, 1.82) is 0 Å². The highest BCUT2D eigenvalue weighted by atomic mass is 16.2. The summed E-state index contributed by atoms with van der Waals surface area (Å²) in [5.41, 5.74) is 2.62. The quantitative estimate of drug-likeness (QED) is 0.682. The number of para-hydroxylation sites is 1. The van der Waals surface area contributed by atoms with Gasteiger partial charge in [0.15, 0.2) is 0 Å². The molecule has 27 heavy (non-hydrogen) atoms. The number of hydrogen-bond donors (Lipinski definition) is 1. The number of fused-ring (bicyclic) bond motifs is 1. The van der Waals surface area contributed by atoms with Gasteiger partial charge < -0.3 is 14.8 Å². The van der Waals surface area contributed by atoms with E-state index in [0.717, 1.165) is 31.6 Å². The van der Waals surface area contributed by atoms with E-state index in [-0.39, 0.29) is 11.8 Å². The monoisotopic (exact) mass is 361 g/mol. The van der Waals surface area contributed by atoms with E-state index in [1.54, 1.807) is 17.0 Å². The van der Waals surface area contributed by atoms with Crippen LogP contribution in [0.15, 0.2) is 60.8 Å². The van der Waals surface area contributed by atoms with E-state index in [2.05, 4.69) is 34.3 Å². The molecule has 1 saturated heterocycles. The van der Waals surface area contributed by atoms with E-state index in [0.29, 0.717) is 18.5 Å². The molecule has 138 valence electrons. The van der Waals surface area contributed by atoms with Gasteiger partial charge in [-0.15, -0.1) is 0 Å². The van der Waals surface area contributed by atoms with Crippen molar-refractivity contribution in [3.8, 4) is 0 Å². The summed E-state index contributed by atoms with van der Waals surface area (Å²) in [6.45, 7) is 2.20. The molecule has 2 heterocycles. The van der Waals surface area contributed by atoms with Gasteiger partial charge in [-0.05, 0) is 48.6 Å². The van der Waals surface area contributed by atoms with Crippen molar-refractivity contribution in [3.05, 3.63) is 66.4 Å². The highest BCUT2D eigenvalue weighted by molar-refractivity contribution is 5.99. The Morgan fingerprint density at radius 2 is 1.96 bits per heavy atom. The number of carbonyl (C=O) groups is 2. The van der Waals surface area contributed by atoms with Crippen LogP contribution in [0.5, 0.6) is 0 Å². The molecule has 2 amide bonds. The van der Waals surface area contributed by atoms with Crippen LogP contribution in [-0.2, 0) is 11.3 Å². The molecule has 2 aromatic carbocycles. The van der Waals surface area contributed by atoms with Crippen LogP contribution in [0.4, 0.5) is 5.69 Å². The molecule has 3 aromatic rings. The lowest BCUT2D eigenvalue weighted by atomic mass is 10.1. The van der Waals surface area contributed by atoms with Crippen LogP contribution in [0, 0.1) is 0 Å². The number of rotatable bonds is 6. The summed E-state index contributed by atoms with van der Waals surface area (Å²) in [6.07, 6.45) is 4.41. The van der Waals surface area contributed by atoms with Crippen molar-refractivity contribution >= 4 is 28.4 Å². The summed E-state index contributed by atoms with van der Waals surface area (Å²) in [4.78, 5) is 26.1. The van der Waals surface area contributed by atoms with E-state index >= 15 is 0 Å². The number of amides is 2. The summed E-state index contributed by atoms with van der Waals surface area (Å²) < 4.78 is 2.21. The summed E-state index contributed by atoms with van der Waals surface area (Å²) in [5, 5.41) is 4.21. The van der Waals surface area contributed by atoms with Crippen LogP contribution in [0.2, 0.25) is 0 Å². The first-order chi connectivity index (χ1) is 13.2. The number of aromatic nitrogens is 1. The lowest BCUT2D eigenvalue weighted by Crippen LogP contribution is -2.27. The second-order valence-corrected chi connectivity index (χ2v) is 6.88. The summed E-state index contributed by atoms with van der Waals surface area (Å²) in [7, 11) is 0. The van der Waals surface area contributed by atoms with Crippen LogP contribution in [0.1, 0.15) is 29.6 Å². The first kappa shape index (κ1) is 17.3. The molecule has 4 rings (SSSR count). The predicted molar refractivity (Wildman–Crippen MR) is 107 cm³/mol. The van der Waals surface area contributed by atoms with E-state index in [9.17, 15) is 9.59 Å². The number of hydrogen-bond acceptors (Lipinski definition) is 2. The van der Waals surface area contributed by atoms with Crippen molar-refractivity contribution < 1.29 is 9.59 Å². The molecule has 0 aliphatic carbocycles. The minimum Gasteiger partial charge on any atom is -0.352 e. The Balaban J connectivity index is 1.32. The zero-order valence-corrected chi connectivity index (χ0v) is 15.2. The number of anilines is 1. The molecular weight excluding hydrogens is 338 g/mol. The molecule has 0 radical (unpaired) electrons. The van der Waals surface area contributed by atoms with Gasteiger partial charge in [0.25, 0.3) is 5.91 Å². The maximum absolute atomic E-state index is 12.4. The van der Waals surface area contributed by atoms with Gasteiger partial charge in [0.05, 0.1) is 0 Å². The predicted octanol–water partition coefficient (Wildman–Crippen LogP) is 3.59. The largest absolute Gasteiger partial charge is 0.352 e. The lowest BCUT2D eigenvalue weighted by molar-refractivity contribution is -0.117. The molecule has 0 atom stereocenters. The molecule has 0 spiro atoms. The van der Waals surface area contributed by atoms with E-state index in [4.69, 9.17) is 0 Å². The minimum absolute atomic E-state index is 0.0964. The van der Waals surface area contributed by atoms with Gasteiger partial charge in [0.2, 0.25) is 5.91 Å². The summed E-state index contributed by atoms with van der Waals surface area (Å²) in [5.74, 6) is 0.0346. The topological polar surface area (TPSA) is 54.3 Å². The second-order valence-electron chi connectivity index (χ2n) is 6.88. The Morgan fingerprint density at radius 3 is 2.81 bits per heavy atom. The number of carbonyl (C=O) groups excluding carboxylic acids is 2. The van der Waals surface area contributed by atoms with Crippen LogP contribution in [0.25, 0.3) is 10.9 Å². The van der Waals surface area contributed by atoms with Gasteiger partial charge >= 0.3 is 0 Å². The van der Waals surface area contributed by atoms with Gasteiger partial charge in [-0.3, -0.25) is 9.59 Å². The van der Waals surface area contributed by atoms with Crippen LogP contribution in [0.3, 0.4) is 0 Å². The van der Waals surface area contributed by atoms with Crippen LogP contribution < -0.4 is 10.2 Å². The molecule has 0 unspecified atom stereocenters. The van der Waals surface area contributed by atoms with Crippen LogP contribution >= 0.6 is 0 Å². The summed E-state index contributed by atoms with van der Waals surface area (Å²) in [6, 6.07) is 17.7. The fourth-order valence-electron chi connectivity index (χ4n) is 3.63. The molecule has 1 aliphatic rings. The van der Waals surface area contributed by atoms with Gasteiger partial charge in [-0.1, -0.05) is 24.3 Å². The third-order valence-electron chi connectivity index (χ3n) is 5.04. The summed E-state index contributed by atoms with van der Waals surface area (Å²) >= 11 is 0. The van der Waals surface area contributed by atoms with Crippen LogP contribution in [-0.4, -0.2) is 29.5 Å². The zero-order valence-electron chi connectivity index (χ0n) is 15.2. The first-order valence-electron chi connectivity index (χ1n) is 9.45. The highest BCUT2D eigenvalue weighted by Gasteiger charge is 2.22. The zero-order chi connectivity index (χ0) is 18.6. The molecule has 0 bridgehead atoms. The third kappa shape index (κ3) is 3.72. The number of nitrogens with one attached hydrogen (secondary N) is 1. The normalized spacial score (nSPS) is 14.1.